The Labute approximate surface area is 114 Å². The van der Waals surface area contributed by atoms with Crippen molar-refractivity contribution in [1.29, 1.82) is 0 Å². The van der Waals surface area contributed by atoms with Crippen LogP contribution in [0, 0.1) is 0 Å². The molecule has 0 spiro atoms. The van der Waals surface area contributed by atoms with Crippen molar-refractivity contribution in [1.82, 2.24) is 4.98 Å². The van der Waals surface area contributed by atoms with Gasteiger partial charge in [0.2, 0.25) is 0 Å². The van der Waals surface area contributed by atoms with Crippen molar-refractivity contribution in [3.8, 4) is 0 Å². The summed E-state index contributed by atoms with van der Waals surface area (Å²) >= 11 is 0. The van der Waals surface area contributed by atoms with Crippen LogP contribution in [0.3, 0.4) is 0 Å². The van der Waals surface area contributed by atoms with Crippen LogP contribution in [0.2, 0.25) is 0 Å². The van der Waals surface area contributed by atoms with E-state index in [1.54, 1.807) is 0 Å². The molecule has 98 valence electrons. The Balaban J connectivity index is 2.12. The first-order chi connectivity index (χ1) is 9.20. The van der Waals surface area contributed by atoms with Crippen molar-refractivity contribution in [2.45, 2.75) is 33.0 Å². The molecular weight excluding hydrogens is 234 g/mol. The van der Waals surface area contributed by atoms with Gasteiger partial charge in [-0.05, 0) is 45.0 Å². The topological polar surface area (TPSA) is 19.4 Å². The van der Waals surface area contributed by atoms with E-state index in [4.69, 9.17) is 0 Å². The molecule has 1 aromatic carbocycles. The lowest BCUT2D eigenvalue weighted by atomic mass is 10.2. The van der Waals surface area contributed by atoms with Gasteiger partial charge in [-0.3, -0.25) is 0 Å². The van der Waals surface area contributed by atoms with Crippen LogP contribution in [-0.4, -0.2) is 17.2 Å². The van der Waals surface area contributed by atoms with Gasteiger partial charge in [-0.25, -0.2) is 4.98 Å². The van der Waals surface area contributed by atoms with Crippen LogP contribution in [0.15, 0.2) is 48.7 Å². The second-order valence-electron chi connectivity index (χ2n) is 5.18. The monoisotopic (exact) mass is 253 g/mol. The Kier molecular flexibility index (Phi) is 2.90. The van der Waals surface area contributed by atoms with Crippen LogP contribution in [0.5, 0.6) is 0 Å². The van der Waals surface area contributed by atoms with E-state index in [9.17, 15) is 0 Å². The summed E-state index contributed by atoms with van der Waals surface area (Å²) in [7, 11) is 0. The van der Waals surface area contributed by atoms with Gasteiger partial charge in [0.05, 0.1) is 5.69 Å². The summed E-state index contributed by atoms with van der Waals surface area (Å²) in [6.07, 6.45) is 2.15. The number of aromatic nitrogens is 1. The molecule has 0 bridgehead atoms. The van der Waals surface area contributed by atoms with Gasteiger partial charge >= 0.3 is 0 Å². The summed E-state index contributed by atoms with van der Waals surface area (Å²) in [5.74, 6) is 1.05. The van der Waals surface area contributed by atoms with Gasteiger partial charge in [0.1, 0.15) is 6.17 Å². The lowest BCUT2D eigenvalue weighted by Gasteiger charge is -2.32. The number of fused-ring (bicyclic) bond motifs is 1. The molecule has 0 aliphatic carbocycles. The lowest BCUT2D eigenvalue weighted by Crippen LogP contribution is -2.42. The molecule has 1 atom stereocenters. The van der Waals surface area contributed by atoms with Crippen molar-refractivity contribution in [2.75, 3.05) is 9.80 Å². The summed E-state index contributed by atoms with van der Waals surface area (Å²) in [5, 5.41) is 0. The zero-order valence-electron chi connectivity index (χ0n) is 11.6. The Hall–Kier alpha value is -2.03. The Morgan fingerprint density at radius 3 is 2.47 bits per heavy atom. The first-order valence-electron chi connectivity index (χ1n) is 6.78. The highest BCUT2D eigenvalue weighted by atomic mass is 15.4. The van der Waals surface area contributed by atoms with Crippen molar-refractivity contribution in [3.63, 3.8) is 0 Å². The molecule has 19 heavy (non-hydrogen) atoms. The van der Waals surface area contributed by atoms with E-state index in [0.717, 1.165) is 5.82 Å². The molecule has 1 aliphatic rings. The minimum Gasteiger partial charge on any atom is -0.346 e. The molecule has 0 fully saturated rings. The number of hydrogen-bond acceptors (Lipinski definition) is 3. The molecule has 0 radical (unpaired) electrons. The number of benzene rings is 1. The summed E-state index contributed by atoms with van der Waals surface area (Å²) in [5.41, 5.74) is 2.41. The van der Waals surface area contributed by atoms with Gasteiger partial charge < -0.3 is 9.80 Å². The van der Waals surface area contributed by atoms with Gasteiger partial charge in [0, 0.05) is 17.9 Å². The van der Waals surface area contributed by atoms with Crippen molar-refractivity contribution in [3.05, 3.63) is 48.7 Å². The normalized spacial score (nSPS) is 18.0. The van der Waals surface area contributed by atoms with E-state index in [1.807, 2.05) is 18.3 Å². The largest absolute Gasteiger partial charge is 0.346 e. The molecule has 2 heterocycles. The molecular formula is C16H19N3. The maximum Gasteiger partial charge on any atom is 0.158 e. The standard InChI is InChI=1S/C16H19N3/c1-12(2)18-13(3)19(14-8-5-4-6-9-14)16-15(18)10-7-11-17-16/h4-13H,1-3H3. The predicted molar refractivity (Wildman–Crippen MR) is 79.9 cm³/mol. The number of pyridine rings is 1. The first-order valence-corrected chi connectivity index (χ1v) is 6.78. The van der Waals surface area contributed by atoms with Crippen LogP contribution >= 0.6 is 0 Å². The second-order valence-corrected chi connectivity index (χ2v) is 5.18. The molecule has 0 saturated carbocycles. The highest BCUT2D eigenvalue weighted by Crippen LogP contribution is 2.42. The molecule has 3 rings (SSSR count). The van der Waals surface area contributed by atoms with Crippen LogP contribution in [0.4, 0.5) is 17.2 Å². The molecule has 1 unspecified atom stereocenters. The second kappa shape index (κ2) is 4.57. The predicted octanol–water partition coefficient (Wildman–Crippen LogP) is 3.79. The third-order valence-corrected chi connectivity index (χ3v) is 3.64. The average Bonchev–Trinajstić information content (AvgIpc) is 2.71. The fourth-order valence-corrected chi connectivity index (χ4v) is 2.91. The molecule has 3 nitrogen and oxygen atoms in total. The fourth-order valence-electron chi connectivity index (χ4n) is 2.91. The third-order valence-electron chi connectivity index (χ3n) is 3.64. The van der Waals surface area contributed by atoms with E-state index >= 15 is 0 Å². The number of rotatable bonds is 2. The van der Waals surface area contributed by atoms with E-state index in [-0.39, 0.29) is 6.17 Å². The molecule has 1 aromatic heterocycles. The molecule has 0 amide bonds. The summed E-state index contributed by atoms with van der Waals surface area (Å²) in [6, 6.07) is 15.1. The summed E-state index contributed by atoms with van der Waals surface area (Å²) in [4.78, 5) is 9.30. The van der Waals surface area contributed by atoms with Crippen molar-refractivity contribution < 1.29 is 0 Å². The fraction of sp³-hybridized carbons (Fsp3) is 0.312. The van der Waals surface area contributed by atoms with Crippen molar-refractivity contribution in [2.24, 2.45) is 0 Å². The number of para-hydroxylation sites is 1. The molecule has 2 aromatic rings. The zero-order chi connectivity index (χ0) is 13.4. The van der Waals surface area contributed by atoms with Crippen LogP contribution in [0.1, 0.15) is 20.8 Å². The average molecular weight is 253 g/mol. The molecule has 0 saturated heterocycles. The van der Waals surface area contributed by atoms with Crippen LogP contribution < -0.4 is 9.80 Å². The smallest absolute Gasteiger partial charge is 0.158 e. The summed E-state index contributed by atoms with van der Waals surface area (Å²) in [6.45, 7) is 6.68. The maximum atomic E-state index is 4.58. The van der Waals surface area contributed by atoms with E-state index in [0.29, 0.717) is 6.04 Å². The lowest BCUT2D eigenvalue weighted by molar-refractivity contribution is 0.606. The van der Waals surface area contributed by atoms with Gasteiger partial charge in [0.25, 0.3) is 0 Å². The SMILES string of the molecule is CC(C)N1c2cccnc2N(c2ccccc2)C1C. The van der Waals surface area contributed by atoms with Gasteiger partial charge in [-0.2, -0.15) is 0 Å². The molecule has 1 aliphatic heterocycles. The first kappa shape index (κ1) is 12.0. The van der Waals surface area contributed by atoms with Gasteiger partial charge in [-0.1, -0.05) is 18.2 Å². The maximum absolute atomic E-state index is 4.58. The zero-order valence-corrected chi connectivity index (χ0v) is 11.6. The van der Waals surface area contributed by atoms with Gasteiger partial charge in [0.15, 0.2) is 5.82 Å². The Morgan fingerprint density at radius 2 is 1.79 bits per heavy atom. The number of hydrogen-bond donors (Lipinski definition) is 0. The van der Waals surface area contributed by atoms with Crippen LogP contribution in [-0.2, 0) is 0 Å². The minimum atomic E-state index is 0.285. The molecule has 3 heteroatoms. The Morgan fingerprint density at radius 1 is 1.05 bits per heavy atom. The minimum absolute atomic E-state index is 0.285. The van der Waals surface area contributed by atoms with Crippen molar-refractivity contribution >= 4 is 17.2 Å². The van der Waals surface area contributed by atoms with E-state index < -0.39 is 0 Å². The Bertz CT molecular complexity index is 565. The quantitative estimate of drug-likeness (QED) is 0.811. The third kappa shape index (κ3) is 1.86. The highest BCUT2D eigenvalue weighted by molar-refractivity contribution is 5.80. The van der Waals surface area contributed by atoms with Crippen LogP contribution in [0.25, 0.3) is 0 Å². The van der Waals surface area contributed by atoms with E-state index in [1.165, 1.54) is 11.4 Å². The molecule has 0 N–H and O–H groups in total. The highest BCUT2D eigenvalue weighted by Gasteiger charge is 2.35. The van der Waals surface area contributed by atoms with Gasteiger partial charge in [-0.15, -0.1) is 0 Å². The number of nitrogens with zero attached hydrogens (tertiary/aromatic N) is 3. The summed E-state index contributed by atoms with van der Waals surface area (Å²) < 4.78 is 0. The number of anilines is 3. The van der Waals surface area contributed by atoms with E-state index in [2.05, 4.69) is 65.9 Å².